The van der Waals surface area contributed by atoms with Crippen LogP contribution in [0.15, 0.2) is 24.0 Å². The molecule has 1 saturated heterocycles. The lowest BCUT2D eigenvalue weighted by Gasteiger charge is -2.61. The van der Waals surface area contributed by atoms with Crippen LogP contribution in [0.3, 0.4) is 0 Å². The Hall–Kier alpha value is -3.64. The van der Waals surface area contributed by atoms with Crippen LogP contribution in [0.25, 0.3) is 0 Å². The lowest BCUT2D eigenvalue weighted by molar-refractivity contribution is -0.182. The lowest BCUT2D eigenvalue weighted by Crippen LogP contribution is -2.74. The lowest BCUT2D eigenvalue weighted by atomic mass is 9.50. The van der Waals surface area contributed by atoms with Gasteiger partial charge in [-0.2, -0.15) is 0 Å². The zero-order valence-electron chi connectivity index (χ0n) is 25.6. The number of esters is 4. The standard InChI is InChI=1S/C31H39NO11/c1-16(39-28(36)21(40-17(2)33)15-23(34)43-29(3,4)5)27(35)41-20-10-11-31(37)22-14-18-8-9-19(38-7)25-24(18)30(31,26(20)42-25)12-13-32(22)6/h8-10,16,21-22,26,37H,11-15H2,1-7H3/t16?,21?,22-,26+,30+,31-/m1/s1. The van der Waals surface area contributed by atoms with Crippen LogP contribution in [0.1, 0.15) is 65.0 Å². The van der Waals surface area contributed by atoms with Crippen LogP contribution in [0.5, 0.6) is 11.5 Å². The van der Waals surface area contributed by atoms with E-state index in [0.717, 1.165) is 18.1 Å². The summed E-state index contributed by atoms with van der Waals surface area (Å²) >= 11 is 0. The van der Waals surface area contributed by atoms with Crippen molar-refractivity contribution in [3.05, 3.63) is 35.1 Å². The molecule has 12 heteroatoms. The summed E-state index contributed by atoms with van der Waals surface area (Å²) in [4.78, 5) is 52.2. The summed E-state index contributed by atoms with van der Waals surface area (Å²) in [7, 11) is 3.54. The fraction of sp³-hybridized carbons (Fsp3) is 0.613. The third-order valence-corrected chi connectivity index (χ3v) is 8.74. The fourth-order valence-electron chi connectivity index (χ4n) is 6.99. The molecule has 2 bridgehead atoms. The first-order valence-electron chi connectivity index (χ1n) is 14.4. The van der Waals surface area contributed by atoms with Gasteiger partial charge in [0, 0.05) is 24.9 Å². The van der Waals surface area contributed by atoms with E-state index in [1.807, 2.05) is 19.2 Å². The summed E-state index contributed by atoms with van der Waals surface area (Å²) in [6, 6.07) is 3.67. The SMILES string of the molecule is COc1ccc2c3c1O[C@H]1C(OC(=O)C(C)OC(=O)C(CC(=O)OC(C)(C)C)OC(C)=O)=CC[C@@]4(O)[C@@H](C2)N(C)CC[C@]314. The number of rotatable bonds is 8. The normalized spacial score (nSPS) is 28.3. The number of hydrogen-bond acceptors (Lipinski definition) is 12. The quantitative estimate of drug-likeness (QED) is 0.344. The Labute approximate surface area is 250 Å². The molecule has 0 aromatic heterocycles. The molecule has 234 valence electrons. The van der Waals surface area contributed by atoms with E-state index in [0.29, 0.717) is 30.9 Å². The van der Waals surface area contributed by atoms with Gasteiger partial charge in [0.2, 0.25) is 6.10 Å². The molecule has 1 aromatic carbocycles. The number of carbonyl (C=O) groups excluding carboxylic acids is 4. The maximum atomic E-state index is 13.3. The third-order valence-electron chi connectivity index (χ3n) is 8.74. The van der Waals surface area contributed by atoms with Crippen LogP contribution in [0.4, 0.5) is 0 Å². The molecule has 1 N–H and O–H groups in total. The number of nitrogens with zero attached hydrogens (tertiary/aromatic N) is 1. The van der Waals surface area contributed by atoms with Gasteiger partial charge in [-0.15, -0.1) is 0 Å². The van der Waals surface area contributed by atoms with Crippen molar-refractivity contribution < 1.29 is 52.7 Å². The first-order valence-corrected chi connectivity index (χ1v) is 14.4. The topological polar surface area (TPSA) is 147 Å². The second-order valence-corrected chi connectivity index (χ2v) is 12.7. The molecule has 2 aliphatic carbocycles. The minimum absolute atomic E-state index is 0.171. The highest BCUT2D eigenvalue weighted by atomic mass is 16.6. The van der Waals surface area contributed by atoms with Crippen LogP contribution >= 0.6 is 0 Å². The maximum Gasteiger partial charge on any atom is 0.352 e. The summed E-state index contributed by atoms with van der Waals surface area (Å²) in [5, 5.41) is 12.3. The predicted octanol–water partition coefficient (Wildman–Crippen LogP) is 2.11. The molecular weight excluding hydrogens is 562 g/mol. The van der Waals surface area contributed by atoms with Crippen molar-refractivity contribution >= 4 is 23.9 Å². The molecule has 43 heavy (non-hydrogen) atoms. The van der Waals surface area contributed by atoms with Crippen molar-refractivity contribution in [2.75, 3.05) is 20.7 Å². The van der Waals surface area contributed by atoms with Crippen molar-refractivity contribution in [1.29, 1.82) is 0 Å². The zero-order valence-corrected chi connectivity index (χ0v) is 25.6. The molecular formula is C31H39NO11. The molecule has 0 saturated carbocycles. The van der Waals surface area contributed by atoms with Crippen LogP contribution in [-0.2, 0) is 50.0 Å². The molecule has 4 aliphatic rings. The fourth-order valence-corrected chi connectivity index (χ4v) is 6.99. The first-order chi connectivity index (χ1) is 20.1. The molecule has 5 rings (SSSR count). The number of piperidine rings is 1. The molecule has 0 radical (unpaired) electrons. The van der Waals surface area contributed by atoms with Gasteiger partial charge in [-0.25, -0.2) is 9.59 Å². The zero-order chi connectivity index (χ0) is 31.5. The number of aliphatic hydroxyl groups is 1. The summed E-state index contributed by atoms with van der Waals surface area (Å²) in [5.74, 6) is -2.32. The van der Waals surface area contributed by atoms with Gasteiger partial charge in [-0.3, -0.25) is 9.59 Å². The average Bonchev–Trinajstić information content (AvgIpc) is 3.26. The molecule has 0 amide bonds. The summed E-state index contributed by atoms with van der Waals surface area (Å²) in [6.07, 6.45) is -1.36. The smallest absolute Gasteiger partial charge is 0.352 e. The van der Waals surface area contributed by atoms with Crippen molar-refractivity contribution in [1.82, 2.24) is 4.90 Å². The van der Waals surface area contributed by atoms with Gasteiger partial charge in [0.1, 0.15) is 11.4 Å². The number of hydrogen-bond donors (Lipinski definition) is 1. The second-order valence-electron chi connectivity index (χ2n) is 12.7. The Kier molecular flexibility index (Phi) is 7.75. The average molecular weight is 602 g/mol. The second kappa shape index (κ2) is 10.8. The molecule has 6 atom stereocenters. The number of methoxy groups -OCH3 is 1. The molecule has 2 unspecified atom stereocenters. The Morgan fingerprint density at radius 2 is 1.88 bits per heavy atom. The Morgan fingerprint density at radius 3 is 2.53 bits per heavy atom. The number of likely N-dealkylation sites (N-methyl/N-ethyl adjacent to an activating group) is 1. The van der Waals surface area contributed by atoms with E-state index in [9.17, 15) is 24.3 Å². The van der Waals surface area contributed by atoms with E-state index in [2.05, 4.69) is 4.90 Å². The molecule has 2 aliphatic heterocycles. The number of likely N-dealkylation sites (tertiary alicyclic amines) is 1. The van der Waals surface area contributed by atoms with Gasteiger partial charge >= 0.3 is 23.9 Å². The molecule has 2 heterocycles. The highest BCUT2D eigenvalue weighted by molar-refractivity contribution is 5.86. The van der Waals surface area contributed by atoms with Gasteiger partial charge in [0.15, 0.2) is 23.7 Å². The van der Waals surface area contributed by atoms with Crippen LogP contribution in [0, 0.1) is 0 Å². The number of benzene rings is 1. The van der Waals surface area contributed by atoms with E-state index in [-0.39, 0.29) is 18.2 Å². The van der Waals surface area contributed by atoms with Gasteiger partial charge in [0.25, 0.3) is 0 Å². The van der Waals surface area contributed by atoms with Gasteiger partial charge < -0.3 is 38.4 Å². The van der Waals surface area contributed by atoms with Gasteiger partial charge in [-0.05, 0) is 71.8 Å². The maximum absolute atomic E-state index is 13.3. The van der Waals surface area contributed by atoms with E-state index in [4.69, 9.17) is 28.4 Å². The van der Waals surface area contributed by atoms with Crippen molar-refractivity contribution in [2.45, 2.75) is 101 Å². The van der Waals surface area contributed by atoms with Gasteiger partial charge in [-0.1, -0.05) is 6.07 Å². The largest absolute Gasteiger partial charge is 0.493 e. The minimum Gasteiger partial charge on any atom is -0.493 e. The minimum atomic E-state index is -1.61. The molecule has 1 fully saturated rings. The summed E-state index contributed by atoms with van der Waals surface area (Å²) < 4.78 is 33.4. The highest BCUT2D eigenvalue weighted by Crippen LogP contribution is 2.65. The van der Waals surface area contributed by atoms with Crippen molar-refractivity contribution in [2.24, 2.45) is 0 Å². The van der Waals surface area contributed by atoms with E-state index in [1.54, 1.807) is 34.0 Å². The Bertz CT molecular complexity index is 1380. The monoisotopic (exact) mass is 601 g/mol. The summed E-state index contributed by atoms with van der Waals surface area (Å²) in [5.41, 5.74) is -0.939. The van der Waals surface area contributed by atoms with E-state index < -0.39 is 65.2 Å². The number of ether oxygens (including phenoxy) is 6. The molecule has 1 aromatic rings. The van der Waals surface area contributed by atoms with E-state index >= 15 is 0 Å². The van der Waals surface area contributed by atoms with Crippen molar-refractivity contribution in [3.8, 4) is 11.5 Å². The Balaban J connectivity index is 1.36. The van der Waals surface area contributed by atoms with Crippen LogP contribution < -0.4 is 9.47 Å². The third kappa shape index (κ3) is 5.14. The number of carbonyl (C=O) groups is 4. The first kappa shape index (κ1) is 30.8. The Morgan fingerprint density at radius 1 is 1.16 bits per heavy atom. The van der Waals surface area contributed by atoms with E-state index in [1.165, 1.54) is 6.92 Å². The summed E-state index contributed by atoms with van der Waals surface area (Å²) in [6.45, 7) is 8.07. The van der Waals surface area contributed by atoms with Crippen LogP contribution in [-0.4, -0.2) is 90.1 Å². The van der Waals surface area contributed by atoms with Crippen molar-refractivity contribution in [3.63, 3.8) is 0 Å². The molecule has 1 spiro atoms. The predicted molar refractivity (Wildman–Crippen MR) is 149 cm³/mol. The highest BCUT2D eigenvalue weighted by Gasteiger charge is 2.72. The van der Waals surface area contributed by atoms with Crippen LogP contribution in [0.2, 0.25) is 0 Å². The van der Waals surface area contributed by atoms with Gasteiger partial charge in [0.05, 0.1) is 24.5 Å². The molecule has 12 nitrogen and oxygen atoms in total.